The number of benzene rings is 1. The third kappa shape index (κ3) is 3.88. The first kappa shape index (κ1) is 17.3. The molecular weight excluding hydrogens is 268 g/mol. The summed E-state index contributed by atoms with van der Waals surface area (Å²) >= 11 is 0. The van der Waals surface area contributed by atoms with E-state index in [0.717, 1.165) is 5.56 Å². The van der Waals surface area contributed by atoms with Crippen molar-refractivity contribution in [2.45, 2.75) is 39.8 Å². The second kappa shape index (κ2) is 6.35. The fourth-order valence-corrected chi connectivity index (χ4v) is 1.69. The average molecular weight is 294 g/mol. The van der Waals surface area contributed by atoms with Crippen molar-refractivity contribution in [2.24, 2.45) is 11.1 Å². The standard InChI is InChI=1S/C16H26N2O3/c1-15(2,16(3,4)17)14(19)18-10-11-7-8-12(20-5)13(9-11)21-6/h7-9H,10,17H2,1-6H3,(H,18,19). The first-order valence-electron chi connectivity index (χ1n) is 6.91. The summed E-state index contributed by atoms with van der Waals surface area (Å²) in [6.07, 6.45) is 0. The predicted molar refractivity (Wildman–Crippen MR) is 83.4 cm³/mol. The lowest BCUT2D eigenvalue weighted by atomic mass is 9.74. The molecule has 0 heterocycles. The zero-order valence-corrected chi connectivity index (χ0v) is 13.7. The summed E-state index contributed by atoms with van der Waals surface area (Å²) in [5.41, 5.74) is 5.74. The van der Waals surface area contributed by atoms with Crippen molar-refractivity contribution in [2.75, 3.05) is 14.2 Å². The molecule has 0 aromatic heterocycles. The normalized spacial score (nSPS) is 12.0. The van der Waals surface area contributed by atoms with E-state index in [-0.39, 0.29) is 5.91 Å². The molecule has 1 amide bonds. The van der Waals surface area contributed by atoms with E-state index in [1.807, 2.05) is 45.9 Å². The van der Waals surface area contributed by atoms with Gasteiger partial charge in [0.2, 0.25) is 5.91 Å². The highest BCUT2D eigenvalue weighted by Gasteiger charge is 2.40. The number of methoxy groups -OCH3 is 2. The topological polar surface area (TPSA) is 73.6 Å². The Kier molecular flexibility index (Phi) is 5.23. The lowest BCUT2D eigenvalue weighted by Gasteiger charge is -2.36. The van der Waals surface area contributed by atoms with Crippen LogP contribution in [0.15, 0.2) is 18.2 Å². The quantitative estimate of drug-likeness (QED) is 0.842. The fourth-order valence-electron chi connectivity index (χ4n) is 1.69. The number of hydrogen-bond donors (Lipinski definition) is 2. The maximum absolute atomic E-state index is 12.3. The summed E-state index contributed by atoms with van der Waals surface area (Å²) in [5, 5.41) is 2.92. The largest absolute Gasteiger partial charge is 0.493 e. The van der Waals surface area contributed by atoms with Crippen LogP contribution in [0.4, 0.5) is 0 Å². The van der Waals surface area contributed by atoms with E-state index in [9.17, 15) is 4.79 Å². The molecule has 0 aliphatic heterocycles. The zero-order valence-electron chi connectivity index (χ0n) is 13.7. The Morgan fingerprint density at radius 2 is 1.71 bits per heavy atom. The van der Waals surface area contributed by atoms with Gasteiger partial charge in [0, 0.05) is 12.1 Å². The molecule has 0 spiro atoms. The minimum Gasteiger partial charge on any atom is -0.493 e. The third-order valence-electron chi connectivity index (χ3n) is 4.08. The summed E-state index contributed by atoms with van der Waals surface area (Å²) in [5.74, 6) is 1.23. The summed E-state index contributed by atoms with van der Waals surface area (Å²) in [4.78, 5) is 12.3. The Morgan fingerprint density at radius 3 is 2.19 bits per heavy atom. The van der Waals surface area contributed by atoms with Crippen molar-refractivity contribution < 1.29 is 14.3 Å². The molecule has 1 aromatic carbocycles. The molecule has 1 aromatic rings. The maximum Gasteiger partial charge on any atom is 0.227 e. The number of ether oxygens (including phenoxy) is 2. The van der Waals surface area contributed by atoms with Crippen molar-refractivity contribution in [1.29, 1.82) is 0 Å². The summed E-state index contributed by atoms with van der Waals surface area (Å²) in [6.45, 7) is 7.80. The predicted octanol–water partition coefficient (Wildman–Crippen LogP) is 2.08. The number of nitrogens with two attached hydrogens (primary N) is 1. The summed E-state index contributed by atoms with van der Waals surface area (Å²) in [7, 11) is 3.17. The monoisotopic (exact) mass is 294 g/mol. The van der Waals surface area contributed by atoms with Gasteiger partial charge in [0.25, 0.3) is 0 Å². The van der Waals surface area contributed by atoms with Crippen LogP contribution in [0.1, 0.15) is 33.3 Å². The van der Waals surface area contributed by atoms with Crippen LogP contribution in [0, 0.1) is 5.41 Å². The van der Waals surface area contributed by atoms with Crippen LogP contribution in [-0.4, -0.2) is 25.7 Å². The highest BCUT2D eigenvalue weighted by Crippen LogP contribution is 2.29. The lowest BCUT2D eigenvalue weighted by Crippen LogP contribution is -2.55. The van der Waals surface area contributed by atoms with Crippen LogP contribution in [-0.2, 0) is 11.3 Å². The van der Waals surface area contributed by atoms with Crippen LogP contribution in [0.5, 0.6) is 11.5 Å². The van der Waals surface area contributed by atoms with Gasteiger partial charge in [0.15, 0.2) is 11.5 Å². The fraction of sp³-hybridized carbons (Fsp3) is 0.562. The Morgan fingerprint density at radius 1 is 1.14 bits per heavy atom. The molecule has 0 aliphatic carbocycles. The van der Waals surface area contributed by atoms with Crippen LogP contribution in [0.2, 0.25) is 0 Å². The van der Waals surface area contributed by atoms with Crippen molar-refractivity contribution in [1.82, 2.24) is 5.32 Å². The molecule has 5 heteroatoms. The minimum absolute atomic E-state index is 0.0789. The van der Waals surface area contributed by atoms with Gasteiger partial charge in [-0.2, -0.15) is 0 Å². The van der Waals surface area contributed by atoms with E-state index >= 15 is 0 Å². The van der Waals surface area contributed by atoms with Gasteiger partial charge in [0.1, 0.15) is 0 Å². The molecule has 0 radical (unpaired) electrons. The molecule has 118 valence electrons. The number of rotatable bonds is 6. The van der Waals surface area contributed by atoms with Crippen LogP contribution < -0.4 is 20.5 Å². The van der Waals surface area contributed by atoms with Gasteiger partial charge >= 0.3 is 0 Å². The van der Waals surface area contributed by atoms with Crippen LogP contribution in [0.3, 0.4) is 0 Å². The van der Waals surface area contributed by atoms with Gasteiger partial charge in [0.05, 0.1) is 19.6 Å². The molecule has 0 saturated carbocycles. The first-order valence-corrected chi connectivity index (χ1v) is 6.91. The van der Waals surface area contributed by atoms with Crippen molar-refractivity contribution in [3.05, 3.63) is 23.8 Å². The molecule has 3 N–H and O–H groups in total. The Hall–Kier alpha value is -1.75. The van der Waals surface area contributed by atoms with Crippen molar-refractivity contribution >= 4 is 5.91 Å². The number of amides is 1. The SMILES string of the molecule is COc1ccc(CNC(=O)C(C)(C)C(C)(C)N)cc1OC. The van der Waals surface area contributed by atoms with Crippen molar-refractivity contribution in [3.63, 3.8) is 0 Å². The first-order chi connectivity index (χ1) is 9.63. The van der Waals surface area contributed by atoms with Gasteiger partial charge in [-0.3, -0.25) is 4.79 Å². The van der Waals surface area contributed by atoms with E-state index in [0.29, 0.717) is 18.0 Å². The van der Waals surface area contributed by atoms with Crippen molar-refractivity contribution in [3.8, 4) is 11.5 Å². The second-order valence-corrected chi connectivity index (χ2v) is 6.22. The van der Waals surface area contributed by atoms with Gasteiger partial charge in [-0.1, -0.05) is 6.07 Å². The number of hydrogen-bond acceptors (Lipinski definition) is 4. The van der Waals surface area contributed by atoms with E-state index in [2.05, 4.69) is 5.32 Å². The summed E-state index contributed by atoms with van der Waals surface area (Å²) in [6, 6.07) is 5.56. The smallest absolute Gasteiger partial charge is 0.227 e. The highest BCUT2D eigenvalue weighted by molar-refractivity contribution is 5.83. The van der Waals surface area contributed by atoms with Crippen LogP contribution in [0.25, 0.3) is 0 Å². The van der Waals surface area contributed by atoms with Gasteiger partial charge < -0.3 is 20.5 Å². The Bertz CT molecular complexity index is 505. The summed E-state index contributed by atoms with van der Waals surface area (Å²) < 4.78 is 10.4. The molecule has 0 bridgehead atoms. The van der Waals surface area contributed by atoms with Gasteiger partial charge in [-0.15, -0.1) is 0 Å². The van der Waals surface area contributed by atoms with E-state index in [1.54, 1.807) is 14.2 Å². The second-order valence-electron chi connectivity index (χ2n) is 6.22. The highest BCUT2D eigenvalue weighted by atomic mass is 16.5. The number of carbonyl (C=O) groups is 1. The molecule has 0 saturated heterocycles. The Balaban J connectivity index is 2.78. The molecule has 5 nitrogen and oxygen atoms in total. The van der Waals surface area contributed by atoms with E-state index in [4.69, 9.17) is 15.2 Å². The number of nitrogens with one attached hydrogen (secondary N) is 1. The van der Waals surface area contributed by atoms with Gasteiger partial charge in [-0.25, -0.2) is 0 Å². The number of carbonyl (C=O) groups excluding carboxylic acids is 1. The minimum atomic E-state index is -0.663. The average Bonchev–Trinajstić information content (AvgIpc) is 2.42. The maximum atomic E-state index is 12.3. The Labute approximate surface area is 126 Å². The molecular formula is C16H26N2O3. The lowest BCUT2D eigenvalue weighted by molar-refractivity contribution is -0.132. The molecule has 0 atom stereocenters. The molecule has 0 fully saturated rings. The van der Waals surface area contributed by atoms with E-state index in [1.165, 1.54) is 0 Å². The third-order valence-corrected chi connectivity index (χ3v) is 4.08. The zero-order chi connectivity index (χ0) is 16.3. The molecule has 21 heavy (non-hydrogen) atoms. The molecule has 0 unspecified atom stereocenters. The molecule has 1 rings (SSSR count). The molecule has 0 aliphatic rings. The van der Waals surface area contributed by atoms with Gasteiger partial charge in [-0.05, 0) is 45.4 Å². The van der Waals surface area contributed by atoms with E-state index < -0.39 is 11.0 Å². The van der Waals surface area contributed by atoms with Crippen LogP contribution >= 0.6 is 0 Å².